The summed E-state index contributed by atoms with van der Waals surface area (Å²) in [5.41, 5.74) is 6.61. The van der Waals surface area contributed by atoms with E-state index in [1.165, 1.54) is 23.5 Å². The maximum atomic E-state index is 11.9. The molecule has 0 atom stereocenters. The molecule has 2 nitrogen and oxygen atoms in total. The molecule has 0 fully saturated rings. The van der Waals surface area contributed by atoms with Crippen molar-refractivity contribution in [1.82, 2.24) is 0 Å². The quantitative estimate of drug-likeness (QED) is 0.288. The Morgan fingerprint density at radius 1 is 0.645 bits per heavy atom. The van der Waals surface area contributed by atoms with Crippen molar-refractivity contribution >= 4 is 33.8 Å². The van der Waals surface area contributed by atoms with Crippen LogP contribution in [-0.2, 0) is 9.59 Å². The Labute approximate surface area is 192 Å². The van der Waals surface area contributed by atoms with Crippen molar-refractivity contribution in [3.63, 3.8) is 0 Å². The highest BCUT2D eigenvalue weighted by Gasteiger charge is 2.10. The lowest BCUT2D eigenvalue weighted by Gasteiger charge is -2.09. The first-order valence-corrected chi connectivity index (χ1v) is 11.4. The highest BCUT2D eigenvalue weighted by molar-refractivity contribution is 8.14. The Morgan fingerprint density at radius 3 is 1.55 bits per heavy atom. The van der Waals surface area contributed by atoms with E-state index < -0.39 is 0 Å². The maximum absolute atomic E-state index is 11.9. The highest BCUT2D eigenvalue weighted by Crippen LogP contribution is 2.31. The van der Waals surface area contributed by atoms with Crippen LogP contribution in [0, 0.1) is 6.92 Å². The minimum atomic E-state index is -0.0131. The molecule has 0 unspecified atom stereocenters. The van der Waals surface area contributed by atoms with Gasteiger partial charge in [-0.3, -0.25) is 9.59 Å². The molecule has 0 aliphatic rings. The Bertz CT molecular complexity index is 1160. The van der Waals surface area contributed by atoms with Crippen molar-refractivity contribution in [1.29, 1.82) is 0 Å². The van der Waals surface area contributed by atoms with Crippen LogP contribution in [0.1, 0.15) is 19.4 Å². The predicted octanol–water partition coefficient (Wildman–Crippen LogP) is 7.72. The summed E-state index contributed by atoms with van der Waals surface area (Å²) in [5, 5.41) is -0.0191. The van der Waals surface area contributed by atoms with Gasteiger partial charge >= 0.3 is 0 Å². The lowest BCUT2D eigenvalue weighted by molar-refractivity contribution is -0.108. The molecular formula is C27H24O2S2. The number of rotatable bonds is 6. The zero-order valence-electron chi connectivity index (χ0n) is 17.9. The Hall–Kier alpha value is -2.82. The number of thioether (sulfide) groups is 2. The second-order valence-corrected chi connectivity index (χ2v) is 9.48. The van der Waals surface area contributed by atoms with Crippen LogP contribution >= 0.6 is 23.5 Å². The van der Waals surface area contributed by atoms with Gasteiger partial charge in [-0.2, -0.15) is 0 Å². The van der Waals surface area contributed by atoms with Gasteiger partial charge in [-0.05, 0) is 101 Å². The summed E-state index contributed by atoms with van der Waals surface area (Å²) in [4.78, 5) is 25.6. The Morgan fingerprint density at radius 2 is 1.06 bits per heavy atom. The van der Waals surface area contributed by atoms with Crippen LogP contribution in [0.25, 0.3) is 22.3 Å². The fourth-order valence-electron chi connectivity index (χ4n) is 2.90. The van der Waals surface area contributed by atoms with Crippen molar-refractivity contribution in [2.24, 2.45) is 0 Å². The van der Waals surface area contributed by atoms with Crippen LogP contribution in [0.4, 0.5) is 0 Å². The molecule has 0 aromatic heterocycles. The molecule has 0 amide bonds. The fraction of sp³-hybridized carbons (Fsp3) is 0.111. The van der Waals surface area contributed by atoms with E-state index in [1.807, 2.05) is 43.3 Å². The summed E-state index contributed by atoms with van der Waals surface area (Å²) >= 11 is 2.42. The maximum Gasteiger partial charge on any atom is 0.219 e. The molecule has 3 rings (SSSR count). The lowest BCUT2D eigenvalue weighted by Crippen LogP contribution is -1.93. The van der Waals surface area contributed by atoms with E-state index in [4.69, 9.17) is 0 Å². The summed E-state index contributed by atoms with van der Waals surface area (Å²) in [6, 6.07) is 22.5. The van der Waals surface area contributed by atoms with Crippen molar-refractivity contribution in [3.8, 4) is 22.3 Å². The van der Waals surface area contributed by atoms with Gasteiger partial charge in [-0.1, -0.05) is 61.7 Å². The summed E-state index contributed by atoms with van der Waals surface area (Å²) in [6.45, 7) is 12.9. The average molecular weight is 445 g/mol. The molecule has 0 bridgehead atoms. The van der Waals surface area contributed by atoms with Crippen LogP contribution in [0.3, 0.4) is 0 Å². The zero-order chi connectivity index (χ0) is 22.5. The average Bonchev–Trinajstić information content (AvgIpc) is 2.75. The second kappa shape index (κ2) is 9.99. The molecule has 156 valence electrons. The van der Waals surface area contributed by atoms with Crippen LogP contribution in [-0.4, -0.2) is 10.2 Å². The van der Waals surface area contributed by atoms with Gasteiger partial charge in [0.05, 0.1) is 0 Å². The minimum absolute atomic E-state index is 0.00591. The molecular weight excluding hydrogens is 420 g/mol. The van der Waals surface area contributed by atoms with Crippen molar-refractivity contribution in [3.05, 3.63) is 96.6 Å². The van der Waals surface area contributed by atoms with Gasteiger partial charge in [0.1, 0.15) is 0 Å². The fourth-order valence-corrected chi connectivity index (χ4v) is 4.29. The van der Waals surface area contributed by atoms with E-state index in [2.05, 4.69) is 43.5 Å². The molecule has 3 aromatic rings. The number of benzene rings is 3. The molecule has 0 radical (unpaired) electrons. The largest absolute Gasteiger partial charge is 0.282 e. The van der Waals surface area contributed by atoms with Crippen LogP contribution < -0.4 is 0 Å². The molecule has 0 aliphatic heterocycles. The topological polar surface area (TPSA) is 34.1 Å². The number of aryl methyl sites for hydroxylation is 1. The van der Waals surface area contributed by atoms with Crippen LogP contribution in [0.5, 0.6) is 0 Å². The molecule has 3 aromatic carbocycles. The summed E-state index contributed by atoms with van der Waals surface area (Å²) in [5.74, 6) is 0. The molecule has 0 saturated carbocycles. The zero-order valence-corrected chi connectivity index (χ0v) is 19.5. The molecule has 0 heterocycles. The number of carbonyl (C=O) groups excluding carboxylic acids is 2. The van der Waals surface area contributed by atoms with Gasteiger partial charge < -0.3 is 0 Å². The Kier molecular flexibility index (Phi) is 7.37. The monoisotopic (exact) mass is 444 g/mol. The molecule has 0 spiro atoms. The Balaban J connectivity index is 1.75. The third-order valence-corrected chi connectivity index (χ3v) is 6.94. The molecule has 4 heteroatoms. The molecule has 0 saturated heterocycles. The van der Waals surface area contributed by atoms with Crippen molar-refractivity contribution in [2.75, 3.05) is 0 Å². The highest BCUT2D eigenvalue weighted by atomic mass is 32.2. The smallest absolute Gasteiger partial charge is 0.219 e. The first-order chi connectivity index (χ1) is 14.7. The van der Waals surface area contributed by atoms with Gasteiger partial charge in [0, 0.05) is 9.79 Å². The number of carbonyl (C=O) groups is 2. The second-order valence-electron chi connectivity index (χ2n) is 7.42. The third-order valence-electron chi connectivity index (χ3n) is 4.69. The van der Waals surface area contributed by atoms with Gasteiger partial charge in [0.2, 0.25) is 10.2 Å². The first kappa shape index (κ1) is 22.9. The van der Waals surface area contributed by atoms with E-state index in [0.29, 0.717) is 11.1 Å². The summed E-state index contributed by atoms with van der Waals surface area (Å²) in [6.07, 6.45) is 0. The van der Waals surface area contributed by atoms with Crippen molar-refractivity contribution < 1.29 is 9.59 Å². The normalized spacial score (nSPS) is 10.5. The third kappa shape index (κ3) is 5.87. The predicted molar refractivity (Wildman–Crippen MR) is 133 cm³/mol. The molecule has 31 heavy (non-hydrogen) atoms. The number of hydrogen-bond donors (Lipinski definition) is 0. The van der Waals surface area contributed by atoms with E-state index in [-0.39, 0.29) is 10.2 Å². The number of hydrogen-bond acceptors (Lipinski definition) is 4. The lowest BCUT2D eigenvalue weighted by atomic mass is 9.99. The minimum Gasteiger partial charge on any atom is -0.282 e. The first-order valence-electron chi connectivity index (χ1n) is 9.81. The van der Waals surface area contributed by atoms with Crippen molar-refractivity contribution in [2.45, 2.75) is 30.6 Å². The SMILES string of the molecule is C=C(C)C(=O)Sc1ccc(-c2ccc(-c3ccc(SC(=O)C(=C)C)c(C)c3)cc2)cc1. The van der Waals surface area contributed by atoms with Gasteiger partial charge in [-0.25, -0.2) is 0 Å². The van der Waals surface area contributed by atoms with E-state index >= 15 is 0 Å². The van der Waals surface area contributed by atoms with E-state index in [1.54, 1.807) is 13.8 Å². The summed E-state index contributed by atoms with van der Waals surface area (Å²) in [7, 11) is 0. The van der Waals surface area contributed by atoms with Crippen LogP contribution in [0.15, 0.2) is 101 Å². The van der Waals surface area contributed by atoms with E-state index in [9.17, 15) is 9.59 Å². The standard InChI is InChI=1S/C27H24O2S2/c1-17(2)26(28)30-24-13-10-21(11-14-24)20-6-8-22(9-7-20)23-12-15-25(19(5)16-23)31-27(29)18(3)4/h6-16H,1,3H2,2,4-5H3. The molecule has 0 N–H and O–H groups in total. The van der Waals surface area contributed by atoms with E-state index in [0.717, 1.165) is 37.6 Å². The van der Waals surface area contributed by atoms with Gasteiger partial charge in [0.15, 0.2) is 0 Å². The summed E-state index contributed by atoms with van der Waals surface area (Å²) < 4.78 is 0. The molecule has 0 aliphatic carbocycles. The van der Waals surface area contributed by atoms with Crippen LogP contribution in [0.2, 0.25) is 0 Å². The van der Waals surface area contributed by atoms with Gasteiger partial charge in [0.25, 0.3) is 0 Å². The van der Waals surface area contributed by atoms with Gasteiger partial charge in [-0.15, -0.1) is 0 Å².